The smallest absolute Gasteiger partial charge is 0.407 e. The van der Waals surface area contributed by atoms with Crippen LogP contribution in [0.1, 0.15) is 29.0 Å². The van der Waals surface area contributed by atoms with Crippen molar-refractivity contribution in [1.29, 1.82) is 0 Å². The minimum absolute atomic E-state index is 0.0926. The highest BCUT2D eigenvalue weighted by Crippen LogP contribution is 2.44. The first-order chi connectivity index (χ1) is 15.4. The number of carboxylic acid groups (broad SMARTS) is 1. The molecule has 0 saturated heterocycles. The number of aryl methyl sites for hydroxylation is 1. The minimum atomic E-state index is -1.13. The second-order valence-corrected chi connectivity index (χ2v) is 8.55. The molecule has 0 radical (unpaired) electrons. The highest BCUT2D eigenvalue weighted by molar-refractivity contribution is 6.34. The van der Waals surface area contributed by atoms with Gasteiger partial charge in [-0.05, 0) is 58.9 Å². The molecule has 0 fully saturated rings. The van der Waals surface area contributed by atoms with Gasteiger partial charge in [0.15, 0.2) is 0 Å². The molecule has 5 nitrogen and oxygen atoms in total. The van der Waals surface area contributed by atoms with Crippen molar-refractivity contribution in [1.82, 2.24) is 5.32 Å². The van der Waals surface area contributed by atoms with E-state index in [1.165, 1.54) is 0 Å². The molecule has 0 unspecified atom stereocenters. The molecule has 0 heterocycles. The average molecular weight is 470 g/mol. The molecule has 0 aromatic heterocycles. The number of carboxylic acids is 1. The predicted octanol–water partition coefficient (Wildman–Crippen LogP) is 5.92. The van der Waals surface area contributed by atoms with E-state index < -0.39 is 18.1 Å². The van der Waals surface area contributed by atoms with Gasteiger partial charge >= 0.3 is 12.1 Å². The zero-order valence-electron chi connectivity index (χ0n) is 17.1. The Hall–Kier alpha value is -3.02. The molecule has 1 aliphatic carbocycles. The Morgan fingerprint density at radius 1 is 0.938 bits per heavy atom. The maximum atomic E-state index is 12.4. The number of hydrogen-bond acceptors (Lipinski definition) is 3. The summed E-state index contributed by atoms with van der Waals surface area (Å²) in [6, 6.07) is 20.0. The van der Waals surface area contributed by atoms with Gasteiger partial charge in [-0.3, -0.25) is 0 Å². The summed E-state index contributed by atoms with van der Waals surface area (Å²) in [4.78, 5) is 24.1. The highest BCUT2D eigenvalue weighted by atomic mass is 35.5. The van der Waals surface area contributed by atoms with E-state index in [1.807, 2.05) is 36.4 Å². The molecule has 0 saturated carbocycles. The largest absolute Gasteiger partial charge is 0.480 e. The van der Waals surface area contributed by atoms with Crippen molar-refractivity contribution < 1.29 is 19.4 Å². The lowest BCUT2D eigenvalue weighted by atomic mass is 9.98. The number of fused-ring (bicyclic) bond motifs is 3. The van der Waals surface area contributed by atoms with Crippen molar-refractivity contribution in [2.45, 2.75) is 24.8 Å². The van der Waals surface area contributed by atoms with E-state index in [9.17, 15) is 14.7 Å². The van der Waals surface area contributed by atoms with Gasteiger partial charge in [0, 0.05) is 16.0 Å². The summed E-state index contributed by atoms with van der Waals surface area (Å²) in [5.74, 6) is -1.23. The zero-order chi connectivity index (χ0) is 22.7. The molecule has 1 aliphatic rings. The van der Waals surface area contributed by atoms with Crippen molar-refractivity contribution >= 4 is 35.3 Å². The number of aliphatic carboxylic acids is 1. The van der Waals surface area contributed by atoms with Crippen LogP contribution in [0.4, 0.5) is 4.79 Å². The molecule has 0 aliphatic heterocycles. The summed E-state index contributed by atoms with van der Waals surface area (Å²) >= 11 is 12.0. The average Bonchev–Trinajstić information content (AvgIpc) is 3.08. The first kappa shape index (κ1) is 22.2. The van der Waals surface area contributed by atoms with Crippen molar-refractivity contribution in [2.24, 2.45) is 0 Å². The number of carbonyl (C=O) groups is 2. The maximum absolute atomic E-state index is 12.4. The fourth-order valence-corrected chi connectivity index (χ4v) is 4.68. The van der Waals surface area contributed by atoms with Gasteiger partial charge in [-0.1, -0.05) is 71.7 Å². The van der Waals surface area contributed by atoms with Crippen LogP contribution >= 0.6 is 23.2 Å². The maximum Gasteiger partial charge on any atom is 0.407 e. The number of carbonyl (C=O) groups excluding carboxylic acids is 1. The standard InChI is InChI=1S/C25H21Cl2NO4/c26-16-11-15(12-17(27)13-16)9-10-23(24(29)30)28-25(31)32-14-22-20-7-3-1-5-18(20)19-6-2-4-8-21(19)22/h1-8,11-13,22-23H,9-10,14H2,(H,28,31)(H,29,30)/t23-/m1/s1. The van der Waals surface area contributed by atoms with Gasteiger partial charge in [0.05, 0.1) is 0 Å². The van der Waals surface area contributed by atoms with Crippen LogP contribution < -0.4 is 5.32 Å². The summed E-state index contributed by atoms with van der Waals surface area (Å²) in [5.41, 5.74) is 5.23. The van der Waals surface area contributed by atoms with Crippen molar-refractivity contribution in [3.05, 3.63) is 93.5 Å². The number of rotatable bonds is 7. The number of benzene rings is 3. The molecule has 32 heavy (non-hydrogen) atoms. The second-order valence-electron chi connectivity index (χ2n) is 7.68. The number of amides is 1. The summed E-state index contributed by atoms with van der Waals surface area (Å²) in [6.45, 7) is 0.121. The number of hydrogen-bond donors (Lipinski definition) is 2. The van der Waals surface area contributed by atoms with Crippen LogP contribution in [0, 0.1) is 0 Å². The van der Waals surface area contributed by atoms with E-state index in [0.717, 1.165) is 27.8 Å². The quantitative estimate of drug-likeness (QED) is 0.450. The van der Waals surface area contributed by atoms with E-state index in [4.69, 9.17) is 27.9 Å². The summed E-state index contributed by atoms with van der Waals surface area (Å²) in [5, 5.41) is 12.9. The summed E-state index contributed by atoms with van der Waals surface area (Å²) < 4.78 is 5.45. The molecule has 0 spiro atoms. The van der Waals surface area contributed by atoms with E-state index in [-0.39, 0.29) is 18.9 Å². The summed E-state index contributed by atoms with van der Waals surface area (Å²) in [6.07, 6.45) is -0.194. The Balaban J connectivity index is 1.38. The van der Waals surface area contributed by atoms with Crippen LogP contribution in [-0.2, 0) is 16.0 Å². The van der Waals surface area contributed by atoms with Gasteiger partial charge in [-0.15, -0.1) is 0 Å². The van der Waals surface area contributed by atoms with Crippen LogP contribution in [0.3, 0.4) is 0 Å². The fourth-order valence-electron chi connectivity index (χ4n) is 4.11. The SMILES string of the molecule is O=C(N[C@H](CCc1cc(Cl)cc(Cl)c1)C(=O)O)OCC1c2ccccc2-c2ccccc21. The predicted molar refractivity (Wildman–Crippen MR) is 124 cm³/mol. The third kappa shape index (κ3) is 4.90. The molecule has 7 heteroatoms. The number of nitrogens with one attached hydrogen (secondary N) is 1. The Morgan fingerprint density at radius 2 is 1.50 bits per heavy atom. The third-order valence-corrected chi connectivity index (χ3v) is 6.01. The van der Waals surface area contributed by atoms with Crippen LogP contribution in [-0.4, -0.2) is 29.8 Å². The van der Waals surface area contributed by atoms with Crippen molar-refractivity contribution in [2.75, 3.05) is 6.61 Å². The second kappa shape index (κ2) is 9.63. The normalized spacial score (nSPS) is 13.2. The van der Waals surface area contributed by atoms with E-state index in [0.29, 0.717) is 16.5 Å². The fraction of sp³-hybridized carbons (Fsp3) is 0.200. The Labute approximate surface area is 195 Å². The lowest BCUT2D eigenvalue weighted by Gasteiger charge is -2.17. The van der Waals surface area contributed by atoms with E-state index >= 15 is 0 Å². The molecule has 1 atom stereocenters. The highest BCUT2D eigenvalue weighted by Gasteiger charge is 2.29. The van der Waals surface area contributed by atoms with Gasteiger partial charge in [-0.2, -0.15) is 0 Å². The molecular formula is C25H21Cl2NO4. The topological polar surface area (TPSA) is 75.6 Å². The van der Waals surface area contributed by atoms with Gasteiger partial charge in [0.2, 0.25) is 0 Å². The van der Waals surface area contributed by atoms with Crippen LogP contribution in [0.2, 0.25) is 10.0 Å². The molecule has 3 aromatic carbocycles. The monoisotopic (exact) mass is 469 g/mol. The molecule has 2 N–H and O–H groups in total. The molecular weight excluding hydrogens is 449 g/mol. The van der Waals surface area contributed by atoms with E-state index in [2.05, 4.69) is 17.4 Å². The zero-order valence-corrected chi connectivity index (χ0v) is 18.6. The van der Waals surface area contributed by atoms with Crippen molar-refractivity contribution in [3.63, 3.8) is 0 Å². The number of alkyl carbamates (subject to hydrolysis) is 1. The number of halogens is 2. The Kier molecular flexibility index (Phi) is 6.68. The Morgan fingerprint density at radius 3 is 2.06 bits per heavy atom. The van der Waals surface area contributed by atoms with Gasteiger partial charge < -0.3 is 15.2 Å². The third-order valence-electron chi connectivity index (χ3n) is 5.58. The molecule has 3 aromatic rings. The van der Waals surface area contributed by atoms with Crippen LogP contribution in [0.5, 0.6) is 0 Å². The minimum Gasteiger partial charge on any atom is -0.480 e. The van der Waals surface area contributed by atoms with Gasteiger partial charge in [0.25, 0.3) is 0 Å². The number of ether oxygens (including phenoxy) is 1. The molecule has 0 bridgehead atoms. The van der Waals surface area contributed by atoms with Gasteiger partial charge in [-0.25, -0.2) is 9.59 Å². The molecule has 1 amide bonds. The first-order valence-electron chi connectivity index (χ1n) is 10.2. The van der Waals surface area contributed by atoms with Crippen molar-refractivity contribution in [3.8, 4) is 11.1 Å². The molecule has 164 valence electrons. The van der Waals surface area contributed by atoms with Gasteiger partial charge in [0.1, 0.15) is 12.6 Å². The van der Waals surface area contributed by atoms with E-state index in [1.54, 1.807) is 18.2 Å². The lowest BCUT2D eigenvalue weighted by molar-refractivity contribution is -0.139. The van der Waals surface area contributed by atoms with Crippen LogP contribution in [0.25, 0.3) is 11.1 Å². The Bertz CT molecular complexity index is 1100. The lowest BCUT2D eigenvalue weighted by Crippen LogP contribution is -2.41. The summed E-state index contributed by atoms with van der Waals surface area (Å²) in [7, 11) is 0. The first-order valence-corrected chi connectivity index (χ1v) is 11.0. The molecule has 4 rings (SSSR count). The van der Waals surface area contributed by atoms with Crippen LogP contribution in [0.15, 0.2) is 66.7 Å².